The summed E-state index contributed by atoms with van der Waals surface area (Å²) in [6, 6.07) is 27.1. The number of rotatable bonds is 6. The Morgan fingerprint density at radius 2 is 1.46 bits per heavy atom. The van der Waals surface area contributed by atoms with Crippen LogP contribution in [0.25, 0.3) is 32.7 Å². The van der Waals surface area contributed by atoms with E-state index in [0.29, 0.717) is 6.42 Å². The molecular weight excluding hydrogens is 347 g/mol. The van der Waals surface area contributed by atoms with Crippen molar-refractivity contribution in [2.45, 2.75) is 25.9 Å². The van der Waals surface area contributed by atoms with Gasteiger partial charge in [0.05, 0.1) is 6.10 Å². The summed E-state index contributed by atoms with van der Waals surface area (Å²) in [5.74, 6) is 0. The molecule has 0 aliphatic carbocycles. The van der Waals surface area contributed by atoms with Crippen molar-refractivity contribution in [1.82, 2.24) is 0 Å². The van der Waals surface area contributed by atoms with Crippen LogP contribution in [-0.2, 0) is 4.65 Å². The second kappa shape index (κ2) is 8.15. The average Bonchev–Trinajstić information content (AvgIpc) is 2.72. The van der Waals surface area contributed by atoms with Crippen molar-refractivity contribution in [1.29, 1.82) is 0 Å². The lowest BCUT2D eigenvalue weighted by Crippen LogP contribution is -2.21. The van der Waals surface area contributed by atoms with E-state index < -0.39 is 7.32 Å². The van der Waals surface area contributed by atoms with Crippen molar-refractivity contribution in [3.8, 4) is 11.1 Å². The number of fused-ring (bicyclic) bond motifs is 3. The molecule has 0 bridgehead atoms. The maximum Gasteiger partial charge on any atom is 0.634 e. The fraction of sp³-hybridized carbons (Fsp3) is 0.167. The highest BCUT2D eigenvalue weighted by Gasteiger charge is 2.22. The molecule has 4 aromatic carbocycles. The van der Waals surface area contributed by atoms with Gasteiger partial charge in [-0.2, -0.15) is 0 Å². The van der Waals surface area contributed by atoms with Crippen LogP contribution < -0.4 is 0 Å². The van der Waals surface area contributed by atoms with Gasteiger partial charge in [-0.15, -0.1) is 0 Å². The molecule has 4 rings (SSSR count). The highest BCUT2D eigenvalue weighted by atomic mass is 16.6. The summed E-state index contributed by atoms with van der Waals surface area (Å²) in [4.78, 5) is 0. The first-order chi connectivity index (χ1) is 13.7. The van der Waals surface area contributed by atoms with Gasteiger partial charge in [0.15, 0.2) is 0 Å². The van der Waals surface area contributed by atoms with Gasteiger partial charge in [0.1, 0.15) is 0 Å². The molecule has 0 spiro atoms. The van der Waals surface area contributed by atoms with E-state index in [2.05, 4.69) is 67.6 Å². The zero-order valence-electron chi connectivity index (χ0n) is 15.9. The average molecular weight is 370 g/mol. The lowest BCUT2D eigenvalue weighted by atomic mass is 9.89. The predicted molar refractivity (Wildman–Crippen MR) is 116 cm³/mol. The molecule has 1 atom stereocenters. The minimum absolute atomic E-state index is 0.378. The van der Waals surface area contributed by atoms with Crippen LogP contribution in [0.4, 0.5) is 0 Å². The normalized spacial score (nSPS) is 12.4. The van der Waals surface area contributed by atoms with Gasteiger partial charge in [0.2, 0.25) is 0 Å². The van der Waals surface area contributed by atoms with Crippen LogP contribution >= 0.6 is 0 Å². The molecule has 1 unspecified atom stereocenters. The number of hydrogen-bond acceptors (Lipinski definition) is 3. The van der Waals surface area contributed by atoms with Crippen LogP contribution in [0.2, 0.25) is 0 Å². The summed E-state index contributed by atoms with van der Waals surface area (Å²) >= 11 is 0. The molecule has 140 valence electrons. The Bertz CT molecular complexity index is 1110. The minimum Gasteiger partial charge on any atom is -0.402 e. The van der Waals surface area contributed by atoms with Crippen molar-refractivity contribution in [3.05, 3.63) is 84.4 Å². The third-order valence-corrected chi connectivity index (χ3v) is 5.22. The molecule has 0 saturated heterocycles. The van der Waals surface area contributed by atoms with E-state index in [0.717, 1.165) is 23.1 Å². The molecule has 4 aromatic rings. The van der Waals surface area contributed by atoms with Gasteiger partial charge in [0.25, 0.3) is 0 Å². The molecule has 0 fully saturated rings. The highest BCUT2D eigenvalue weighted by molar-refractivity contribution is 6.32. The first-order valence-corrected chi connectivity index (χ1v) is 9.70. The molecule has 0 radical (unpaired) electrons. The standard InChI is InChI=1S/C24H23BO3/c1-2-8-24(28-25(26)27)23-12-6-5-11-21(23)20-14-7-13-19-18-10-4-3-9-17(18)15-16-22(19)20/h3-7,9-16,24,26-27H,2,8H2,1H3. The van der Waals surface area contributed by atoms with Gasteiger partial charge < -0.3 is 14.7 Å². The highest BCUT2D eigenvalue weighted by Crippen LogP contribution is 2.38. The number of hydrogen-bond donors (Lipinski definition) is 2. The summed E-state index contributed by atoms with van der Waals surface area (Å²) in [6.45, 7) is 2.06. The van der Waals surface area contributed by atoms with Gasteiger partial charge in [-0.1, -0.05) is 92.2 Å². The maximum absolute atomic E-state index is 9.40. The quantitative estimate of drug-likeness (QED) is 0.349. The zero-order chi connectivity index (χ0) is 19.5. The zero-order valence-corrected chi connectivity index (χ0v) is 15.9. The van der Waals surface area contributed by atoms with E-state index >= 15 is 0 Å². The van der Waals surface area contributed by atoms with E-state index in [1.54, 1.807) is 0 Å². The summed E-state index contributed by atoms with van der Waals surface area (Å²) in [5.41, 5.74) is 3.15. The Balaban J connectivity index is 1.93. The summed E-state index contributed by atoms with van der Waals surface area (Å²) in [5, 5.41) is 23.6. The van der Waals surface area contributed by atoms with Crippen LogP contribution in [0.1, 0.15) is 31.4 Å². The van der Waals surface area contributed by atoms with Crippen LogP contribution in [0.15, 0.2) is 78.9 Å². The largest absolute Gasteiger partial charge is 0.634 e. The molecule has 0 saturated carbocycles. The molecule has 0 heterocycles. The third-order valence-electron chi connectivity index (χ3n) is 5.22. The first kappa shape index (κ1) is 18.7. The summed E-state index contributed by atoms with van der Waals surface area (Å²) in [6.07, 6.45) is 1.21. The Kier molecular flexibility index (Phi) is 5.44. The molecule has 4 heteroatoms. The Morgan fingerprint density at radius 1 is 0.750 bits per heavy atom. The van der Waals surface area contributed by atoms with Crippen LogP contribution in [0.3, 0.4) is 0 Å². The molecule has 28 heavy (non-hydrogen) atoms. The van der Waals surface area contributed by atoms with Crippen molar-refractivity contribution in [2.24, 2.45) is 0 Å². The van der Waals surface area contributed by atoms with Gasteiger partial charge in [-0.05, 0) is 44.7 Å². The molecular formula is C24H23BO3. The summed E-state index contributed by atoms with van der Waals surface area (Å²) in [7, 11) is -1.79. The predicted octanol–water partition coefficient (Wildman–Crippen LogP) is 5.49. The minimum atomic E-state index is -1.79. The SMILES string of the molecule is CCCC(OB(O)O)c1ccccc1-c1cccc2c1ccc1ccccc12. The Morgan fingerprint density at radius 3 is 2.29 bits per heavy atom. The maximum atomic E-state index is 9.40. The van der Waals surface area contributed by atoms with Crippen LogP contribution in [0, 0.1) is 0 Å². The fourth-order valence-electron chi connectivity index (χ4n) is 4.00. The summed E-state index contributed by atoms with van der Waals surface area (Å²) < 4.78 is 5.43. The van der Waals surface area contributed by atoms with E-state index in [-0.39, 0.29) is 6.10 Å². The van der Waals surface area contributed by atoms with Crippen molar-refractivity contribution in [2.75, 3.05) is 0 Å². The van der Waals surface area contributed by atoms with Gasteiger partial charge in [-0.25, -0.2) is 0 Å². The van der Waals surface area contributed by atoms with Crippen molar-refractivity contribution >= 4 is 28.9 Å². The van der Waals surface area contributed by atoms with Gasteiger partial charge in [0, 0.05) is 0 Å². The topological polar surface area (TPSA) is 49.7 Å². The first-order valence-electron chi connectivity index (χ1n) is 9.70. The molecule has 0 amide bonds. The second-order valence-electron chi connectivity index (χ2n) is 7.01. The van der Waals surface area contributed by atoms with Gasteiger partial charge in [-0.3, -0.25) is 0 Å². The van der Waals surface area contributed by atoms with Crippen LogP contribution in [-0.4, -0.2) is 17.4 Å². The van der Waals surface area contributed by atoms with Crippen molar-refractivity contribution in [3.63, 3.8) is 0 Å². The lowest BCUT2D eigenvalue weighted by molar-refractivity contribution is 0.112. The second-order valence-corrected chi connectivity index (χ2v) is 7.01. The van der Waals surface area contributed by atoms with E-state index in [1.807, 2.05) is 18.2 Å². The van der Waals surface area contributed by atoms with E-state index in [1.165, 1.54) is 21.5 Å². The Labute approximate surface area is 165 Å². The smallest absolute Gasteiger partial charge is 0.402 e. The monoisotopic (exact) mass is 370 g/mol. The van der Waals surface area contributed by atoms with Gasteiger partial charge >= 0.3 is 7.32 Å². The molecule has 2 N–H and O–H groups in total. The molecule has 0 aliphatic heterocycles. The van der Waals surface area contributed by atoms with Crippen molar-refractivity contribution < 1.29 is 14.7 Å². The van der Waals surface area contributed by atoms with E-state index in [4.69, 9.17) is 4.65 Å². The lowest BCUT2D eigenvalue weighted by Gasteiger charge is -2.22. The Hall–Kier alpha value is -2.66. The molecule has 3 nitrogen and oxygen atoms in total. The van der Waals surface area contributed by atoms with E-state index in [9.17, 15) is 10.0 Å². The molecule has 0 aromatic heterocycles. The third kappa shape index (κ3) is 3.54. The molecule has 0 aliphatic rings. The van der Waals surface area contributed by atoms with Crippen LogP contribution in [0.5, 0.6) is 0 Å². The number of benzene rings is 4. The fourth-order valence-corrected chi connectivity index (χ4v) is 4.00.